The van der Waals surface area contributed by atoms with Crippen molar-refractivity contribution in [3.8, 4) is 0 Å². The number of aryl methyl sites for hydroxylation is 2. The van der Waals surface area contributed by atoms with Crippen LogP contribution in [-0.2, 0) is 36.4 Å². The molecule has 3 aromatic carbocycles. The van der Waals surface area contributed by atoms with Gasteiger partial charge in [-0.05, 0) is 61.2 Å². The lowest BCUT2D eigenvalue weighted by Gasteiger charge is -2.25. The molecule has 0 bridgehead atoms. The van der Waals surface area contributed by atoms with E-state index in [1.165, 1.54) is 29.3 Å². The van der Waals surface area contributed by atoms with Crippen LogP contribution in [0, 0.1) is 19.8 Å². The molecule has 10 nitrogen and oxygen atoms in total. The van der Waals surface area contributed by atoms with Crippen LogP contribution in [0.25, 0.3) is 6.08 Å². The second-order valence-corrected chi connectivity index (χ2v) is 12.2. The van der Waals surface area contributed by atoms with Crippen molar-refractivity contribution in [2.45, 2.75) is 50.1 Å². The lowest BCUT2D eigenvalue weighted by Crippen LogP contribution is -2.40. The third-order valence-corrected chi connectivity index (χ3v) is 7.37. The van der Waals surface area contributed by atoms with Crippen molar-refractivity contribution in [3.63, 3.8) is 0 Å². The SMILES string of the molecule is CC(C)C(N)C(=O)ON1C=Cc2ccccc2C1.Cc1ccc(S(=O)(=O)O)cc1.Cc1ccc(S(=O)(=O)O)cc1. The van der Waals surface area contributed by atoms with Crippen LogP contribution in [0.1, 0.15) is 36.1 Å². The molecule has 0 aliphatic carbocycles. The average Bonchev–Trinajstić information content (AvgIpc) is 2.88. The van der Waals surface area contributed by atoms with Crippen LogP contribution in [0.3, 0.4) is 0 Å². The maximum atomic E-state index is 11.7. The molecule has 40 heavy (non-hydrogen) atoms. The molecule has 1 atom stereocenters. The highest BCUT2D eigenvalue weighted by atomic mass is 32.2. The summed E-state index contributed by atoms with van der Waals surface area (Å²) >= 11 is 0. The second kappa shape index (κ2) is 14.2. The van der Waals surface area contributed by atoms with Crippen LogP contribution in [-0.4, -0.2) is 43.0 Å². The first-order valence-corrected chi connectivity index (χ1v) is 15.0. The molecular formula is C28H34N2O8S2. The highest BCUT2D eigenvalue weighted by Gasteiger charge is 2.22. The van der Waals surface area contributed by atoms with Crippen LogP contribution in [0.5, 0.6) is 0 Å². The van der Waals surface area contributed by atoms with Gasteiger partial charge in [-0.25, -0.2) is 9.86 Å². The van der Waals surface area contributed by atoms with Gasteiger partial charge in [0.2, 0.25) is 0 Å². The summed E-state index contributed by atoms with van der Waals surface area (Å²) in [6, 6.07) is 19.4. The van der Waals surface area contributed by atoms with Gasteiger partial charge >= 0.3 is 5.97 Å². The number of carbonyl (C=O) groups excluding carboxylic acids is 1. The third-order valence-electron chi connectivity index (χ3n) is 5.64. The van der Waals surface area contributed by atoms with E-state index in [-0.39, 0.29) is 15.7 Å². The summed E-state index contributed by atoms with van der Waals surface area (Å²) in [5, 5.41) is 1.52. The molecule has 0 aromatic heterocycles. The number of carbonyl (C=O) groups is 1. The van der Waals surface area contributed by atoms with Crippen molar-refractivity contribution in [1.29, 1.82) is 0 Å². The Bertz CT molecular complexity index is 1440. The van der Waals surface area contributed by atoms with Gasteiger partial charge in [-0.3, -0.25) is 9.11 Å². The molecule has 1 unspecified atom stereocenters. The molecule has 0 saturated carbocycles. The minimum absolute atomic E-state index is 0.0666. The molecule has 0 fully saturated rings. The van der Waals surface area contributed by atoms with Gasteiger partial charge in [0.15, 0.2) is 0 Å². The molecular weight excluding hydrogens is 556 g/mol. The van der Waals surface area contributed by atoms with Gasteiger partial charge in [-0.15, -0.1) is 0 Å². The summed E-state index contributed by atoms with van der Waals surface area (Å²) in [7, 11) is -8.04. The van der Waals surface area contributed by atoms with Crippen LogP contribution in [0.15, 0.2) is 88.8 Å². The predicted molar refractivity (Wildman–Crippen MR) is 152 cm³/mol. The van der Waals surface area contributed by atoms with E-state index in [4.69, 9.17) is 19.7 Å². The van der Waals surface area contributed by atoms with Crippen LogP contribution >= 0.6 is 0 Å². The van der Waals surface area contributed by atoms with Crippen LogP contribution < -0.4 is 5.73 Å². The molecule has 216 valence electrons. The summed E-state index contributed by atoms with van der Waals surface area (Å²) in [5.41, 5.74) is 9.94. The standard InChI is InChI=1S/C14H18N2O2.2C7H8O3S/c1-10(2)13(15)14(17)18-16-8-7-11-5-3-4-6-12(11)9-16;2*1-6-2-4-7(5-3-6)11(8,9)10/h3-8,10,13H,9,15H2,1-2H3;2*2-5H,1H3,(H,8,9,10). The number of rotatable bonds is 5. The molecule has 0 spiro atoms. The van der Waals surface area contributed by atoms with E-state index in [1.54, 1.807) is 30.5 Å². The van der Waals surface area contributed by atoms with E-state index in [9.17, 15) is 21.6 Å². The Morgan fingerprint density at radius 3 is 1.70 bits per heavy atom. The number of hydrogen-bond acceptors (Lipinski definition) is 8. The first-order chi connectivity index (χ1) is 18.6. The predicted octanol–water partition coefficient (Wildman–Crippen LogP) is 4.40. The Morgan fingerprint density at radius 1 is 0.825 bits per heavy atom. The number of fused-ring (bicyclic) bond motifs is 1. The van der Waals surface area contributed by atoms with Crippen molar-refractivity contribution in [3.05, 3.63) is 101 Å². The Labute approximate surface area is 235 Å². The molecule has 1 heterocycles. The van der Waals surface area contributed by atoms with Crippen molar-refractivity contribution in [2.24, 2.45) is 11.7 Å². The van der Waals surface area contributed by atoms with Gasteiger partial charge in [0.25, 0.3) is 20.2 Å². The summed E-state index contributed by atoms with van der Waals surface area (Å²) in [6.45, 7) is 8.03. The maximum absolute atomic E-state index is 11.7. The largest absolute Gasteiger partial charge is 0.349 e. The van der Waals surface area contributed by atoms with Crippen LogP contribution in [0.4, 0.5) is 0 Å². The zero-order valence-corrected chi connectivity index (χ0v) is 24.3. The minimum atomic E-state index is -4.02. The smallest absolute Gasteiger partial charge is 0.339 e. The fraction of sp³-hybridized carbons (Fsp3) is 0.250. The third kappa shape index (κ3) is 10.5. The summed E-state index contributed by atoms with van der Waals surface area (Å²) in [4.78, 5) is 16.9. The highest BCUT2D eigenvalue weighted by molar-refractivity contribution is 7.86. The second-order valence-electron chi connectivity index (χ2n) is 9.35. The zero-order chi connectivity index (χ0) is 30.1. The number of hydrogen-bond donors (Lipinski definition) is 3. The topological polar surface area (TPSA) is 164 Å². The van der Waals surface area contributed by atoms with Crippen molar-refractivity contribution in [2.75, 3.05) is 0 Å². The Kier molecular flexibility index (Phi) is 11.6. The summed E-state index contributed by atoms with van der Waals surface area (Å²) in [6.07, 6.45) is 3.68. The van der Waals surface area contributed by atoms with Gasteiger partial charge in [0.05, 0.1) is 16.3 Å². The van der Waals surface area contributed by atoms with Crippen molar-refractivity contribution < 1.29 is 35.6 Å². The zero-order valence-electron chi connectivity index (χ0n) is 22.6. The highest BCUT2D eigenvalue weighted by Crippen LogP contribution is 2.19. The average molecular weight is 591 g/mol. The number of nitrogens with zero attached hydrogens (tertiary/aromatic N) is 1. The van der Waals surface area contributed by atoms with Crippen molar-refractivity contribution >= 4 is 32.3 Å². The molecule has 1 aliphatic heterocycles. The Morgan fingerprint density at radius 2 is 1.27 bits per heavy atom. The van der Waals surface area contributed by atoms with Crippen LogP contribution in [0.2, 0.25) is 0 Å². The van der Waals surface area contributed by atoms with E-state index in [1.807, 2.05) is 58.0 Å². The first kappa shape index (κ1) is 32.7. The van der Waals surface area contributed by atoms with E-state index in [0.29, 0.717) is 6.54 Å². The molecule has 12 heteroatoms. The summed E-state index contributed by atoms with van der Waals surface area (Å²) in [5.74, 6) is -0.326. The number of benzene rings is 3. The Hall–Kier alpha value is -3.55. The lowest BCUT2D eigenvalue weighted by molar-refractivity contribution is -0.183. The molecule has 4 N–H and O–H groups in total. The molecule has 0 saturated heterocycles. The van der Waals surface area contributed by atoms with Gasteiger partial charge in [-0.2, -0.15) is 16.8 Å². The van der Waals surface area contributed by atoms with Gasteiger partial charge in [-0.1, -0.05) is 73.5 Å². The molecule has 0 radical (unpaired) electrons. The first-order valence-electron chi connectivity index (χ1n) is 12.2. The Balaban J connectivity index is 0.000000222. The van der Waals surface area contributed by atoms with Gasteiger partial charge < -0.3 is 10.6 Å². The minimum Gasteiger partial charge on any atom is -0.339 e. The molecule has 4 rings (SSSR count). The number of hydroxylamine groups is 2. The lowest BCUT2D eigenvalue weighted by atomic mass is 10.1. The quantitative estimate of drug-likeness (QED) is 0.363. The van der Waals surface area contributed by atoms with E-state index < -0.39 is 32.2 Å². The van der Waals surface area contributed by atoms with E-state index in [2.05, 4.69) is 0 Å². The molecule has 1 aliphatic rings. The van der Waals surface area contributed by atoms with Gasteiger partial charge in [0.1, 0.15) is 6.04 Å². The van der Waals surface area contributed by atoms with E-state index >= 15 is 0 Å². The van der Waals surface area contributed by atoms with Crippen molar-refractivity contribution in [1.82, 2.24) is 5.06 Å². The fourth-order valence-electron chi connectivity index (χ4n) is 3.16. The van der Waals surface area contributed by atoms with Gasteiger partial charge in [0, 0.05) is 6.20 Å². The molecule has 0 amide bonds. The maximum Gasteiger partial charge on any atom is 0.349 e. The molecule has 3 aromatic rings. The fourth-order valence-corrected chi connectivity index (χ4v) is 4.12. The summed E-state index contributed by atoms with van der Waals surface area (Å²) < 4.78 is 59.1. The monoisotopic (exact) mass is 590 g/mol. The van der Waals surface area contributed by atoms with E-state index in [0.717, 1.165) is 22.3 Å². The normalized spacial score (nSPS) is 13.2. The number of nitrogens with two attached hydrogens (primary N) is 1.